The molecule has 1 rings (SSSR count). The van der Waals surface area contributed by atoms with Crippen molar-refractivity contribution in [1.82, 2.24) is 0 Å². The van der Waals surface area contributed by atoms with Gasteiger partial charge in [0.05, 0.1) is 0 Å². The molecule has 11 heavy (non-hydrogen) atoms. The average Bonchev–Trinajstić information content (AvgIpc) is 1.86. The molecule has 0 unspecified atom stereocenters. The predicted octanol–water partition coefficient (Wildman–Crippen LogP) is 4.22. The van der Waals surface area contributed by atoms with E-state index >= 15 is 0 Å². The molecule has 1 fully saturated rings. The molecule has 0 heterocycles. The van der Waals surface area contributed by atoms with Gasteiger partial charge < -0.3 is 0 Å². The van der Waals surface area contributed by atoms with E-state index in [0.717, 1.165) is 6.42 Å². The van der Waals surface area contributed by atoms with Gasteiger partial charge in [-0.15, -0.1) is 33.2 Å². The smallest absolute Gasteiger partial charge is 0.126 e. The van der Waals surface area contributed by atoms with E-state index in [-0.39, 0.29) is 0 Å². The normalized spacial score (nSPS) is 33.8. The molecule has 0 aromatic heterocycles. The maximum atomic E-state index is 5.98. The summed E-state index contributed by atoms with van der Waals surface area (Å²) in [5.74, 6) is 0.628. The summed E-state index contributed by atoms with van der Waals surface area (Å²) in [6.07, 6.45) is 4.93. The molecule has 0 spiro atoms. The second-order valence-corrected chi connectivity index (χ2v) is 12.3. The Kier molecular flexibility index (Phi) is 3.57. The predicted molar refractivity (Wildman–Crippen MR) is 54.7 cm³/mol. The first-order valence-electron chi connectivity index (χ1n) is 4.08. The largest absolute Gasteiger partial charge is 0.344 e. The molecular weight excluding hydrogens is 219 g/mol. The molecule has 0 aliphatic heterocycles. The van der Waals surface area contributed by atoms with Crippen molar-refractivity contribution in [3.8, 4) is 0 Å². The second-order valence-electron chi connectivity index (χ2n) is 3.41. The maximum Gasteiger partial charge on any atom is 0.344 e. The third-order valence-corrected chi connectivity index (χ3v) is 6.75. The van der Waals surface area contributed by atoms with Crippen molar-refractivity contribution in [2.45, 2.75) is 38.1 Å². The van der Waals surface area contributed by atoms with E-state index in [1.807, 2.05) is 0 Å². The third-order valence-electron chi connectivity index (χ3n) is 2.53. The van der Waals surface area contributed by atoms with Crippen LogP contribution in [0.5, 0.6) is 0 Å². The van der Waals surface area contributed by atoms with E-state index in [1.165, 1.54) is 19.3 Å². The Hall–Kier alpha value is 1.09. The molecule has 1 aliphatic rings. The number of hydrogen-bond acceptors (Lipinski definition) is 0. The van der Waals surface area contributed by atoms with E-state index in [2.05, 4.69) is 6.92 Å². The quantitative estimate of drug-likeness (QED) is 0.468. The zero-order chi connectivity index (χ0) is 8.48. The highest BCUT2D eigenvalue weighted by Gasteiger charge is 2.40. The molecule has 1 saturated carbocycles. The van der Waals surface area contributed by atoms with E-state index in [0.29, 0.717) is 11.5 Å². The van der Waals surface area contributed by atoms with Crippen molar-refractivity contribution in [2.24, 2.45) is 5.92 Å². The third kappa shape index (κ3) is 2.80. The highest BCUT2D eigenvalue weighted by atomic mass is 35.8. The molecule has 1 aliphatic carbocycles. The van der Waals surface area contributed by atoms with Crippen LogP contribution >= 0.6 is 33.2 Å². The summed E-state index contributed by atoms with van der Waals surface area (Å²) in [4.78, 5) is 0. The van der Waals surface area contributed by atoms with Gasteiger partial charge >= 0.3 is 6.00 Å². The average molecular weight is 232 g/mol. The molecule has 4 heteroatoms. The zero-order valence-corrected chi connectivity index (χ0v) is 9.88. The molecule has 0 N–H and O–H groups in total. The molecule has 66 valence electrons. The van der Waals surface area contributed by atoms with Gasteiger partial charge in [-0.25, -0.2) is 0 Å². The fourth-order valence-electron chi connectivity index (χ4n) is 1.80. The Labute approximate surface area is 83.3 Å². The molecule has 0 amide bonds. The summed E-state index contributed by atoms with van der Waals surface area (Å²) >= 11 is 17.9. The zero-order valence-electron chi connectivity index (χ0n) is 6.62. The van der Waals surface area contributed by atoms with E-state index < -0.39 is 6.00 Å². The first kappa shape index (κ1) is 10.2. The SMILES string of the molecule is C[C@@H]1CCCC[C@@H]1[Si](Cl)(Cl)Cl. The van der Waals surface area contributed by atoms with Crippen LogP contribution in [-0.2, 0) is 0 Å². The van der Waals surface area contributed by atoms with E-state index in [4.69, 9.17) is 33.2 Å². The van der Waals surface area contributed by atoms with Gasteiger partial charge in [0.25, 0.3) is 0 Å². The first-order valence-corrected chi connectivity index (χ1v) is 9.20. The highest BCUT2D eigenvalue weighted by molar-refractivity contribution is 7.65. The van der Waals surface area contributed by atoms with Crippen LogP contribution in [0.2, 0.25) is 5.54 Å². The minimum atomic E-state index is -2.40. The van der Waals surface area contributed by atoms with Crippen LogP contribution in [-0.4, -0.2) is 6.00 Å². The summed E-state index contributed by atoms with van der Waals surface area (Å²) in [7, 11) is 0. The topological polar surface area (TPSA) is 0 Å². The molecule has 0 aromatic rings. The van der Waals surface area contributed by atoms with Crippen molar-refractivity contribution in [3.05, 3.63) is 0 Å². The van der Waals surface area contributed by atoms with Gasteiger partial charge in [-0.3, -0.25) is 0 Å². The van der Waals surface area contributed by atoms with E-state index in [1.54, 1.807) is 0 Å². The van der Waals surface area contributed by atoms with Crippen LogP contribution < -0.4 is 0 Å². The molecular formula is C7H13Cl3Si. The molecule has 0 aromatic carbocycles. The monoisotopic (exact) mass is 230 g/mol. The standard InChI is InChI=1S/C7H13Cl3Si/c1-6-4-2-3-5-7(6)11(8,9)10/h6-7H,2-5H2,1H3/t6-,7+/m1/s1. The molecule has 0 saturated heterocycles. The van der Waals surface area contributed by atoms with Crippen LogP contribution in [0, 0.1) is 5.92 Å². The van der Waals surface area contributed by atoms with Crippen molar-refractivity contribution in [2.75, 3.05) is 0 Å². The fraction of sp³-hybridized carbons (Fsp3) is 1.00. The van der Waals surface area contributed by atoms with Crippen LogP contribution in [0.25, 0.3) is 0 Å². The number of halogens is 3. The lowest BCUT2D eigenvalue weighted by molar-refractivity contribution is 0.382. The van der Waals surface area contributed by atoms with E-state index in [9.17, 15) is 0 Å². The van der Waals surface area contributed by atoms with Crippen LogP contribution in [0.15, 0.2) is 0 Å². The molecule has 0 bridgehead atoms. The minimum Gasteiger partial charge on any atom is -0.126 e. The van der Waals surface area contributed by atoms with Crippen molar-refractivity contribution >= 4 is 39.2 Å². The Morgan fingerprint density at radius 1 is 1.09 bits per heavy atom. The van der Waals surface area contributed by atoms with Gasteiger partial charge in [-0.2, -0.15) is 0 Å². The summed E-state index contributed by atoms with van der Waals surface area (Å²) in [6.45, 7) is 2.21. The fourth-order valence-corrected chi connectivity index (χ4v) is 6.06. The van der Waals surface area contributed by atoms with Crippen LogP contribution in [0.1, 0.15) is 32.6 Å². The molecule has 0 nitrogen and oxygen atoms in total. The summed E-state index contributed by atoms with van der Waals surface area (Å²) in [5.41, 5.74) is 0.404. The van der Waals surface area contributed by atoms with Crippen molar-refractivity contribution in [3.63, 3.8) is 0 Å². The highest BCUT2D eigenvalue weighted by Crippen LogP contribution is 2.46. The minimum absolute atomic E-state index is 0.404. The Bertz CT molecular complexity index is 132. The lowest BCUT2D eigenvalue weighted by Crippen LogP contribution is -2.28. The Balaban J connectivity index is 2.55. The summed E-state index contributed by atoms with van der Waals surface area (Å²) in [6, 6.07) is -2.40. The number of hydrogen-bond donors (Lipinski definition) is 0. The number of rotatable bonds is 1. The van der Waals surface area contributed by atoms with Gasteiger partial charge in [-0.05, 0) is 17.9 Å². The van der Waals surface area contributed by atoms with Crippen molar-refractivity contribution < 1.29 is 0 Å². The van der Waals surface area contributed by atoms with Crippen LogP contribution in [0.4, 0.5) is 0 Å². The van der Waals surface area contributed by atoms with Crippen LogP contribution in [0.3, 0.4) is 0 Å². The lowest BCUT2D eigenvalue weighted by Gasteiger charge is -2.32. The summed E-state index contributed by atoms with van der Waals surface area (Å²) in [5, 5.41) is 0. The van der Waals surface area contributed by atoms with Crippen molar-refractivity contribution in [1.29, 1.82) is 0 Å². The van der Waals surface area contributed by atoms with Gasteiger partial charge in [0.2, 0.25) is 0 Å². The lowest BCUT2D eigenvalue weighted by atomic mass is 9.90. The van der Waals surface area contributed by atoms with Gasteiger partial charge in [0, 0.05) is 0 Å². The van der Waals surface area contributed by atoms with Gasteiger partial charge in [0.15, 0.2) is 0 Å². The summed E-state index contributed by atoms with van der Waals surface area (Å²) < 4.78 is 0. The molecule has 2 atom stereocenters. The van der Waals surface area contributed by atoms with Gasteiger partial charge in [0.1, 0.15) is 0 Å². The Morgan fingerprint density at radius 2 is 1.64 bits per heavy atom. The van der Waals surface area contributed by atoms with Gasteiger partial charge in [-0.1, -0.05) is 26.2 Å². The first-order chi connectivity index (χ1) is 5.02. The second kappa shape index (κ2) is 3.86. The molecule has 0 radical (unpaired) electrons. The maximum absolute atomic E-state index is 5.98. The Morgan fingerprint density at radius 3 is 2.00 bits per heavy atom.